The number of nitrogens with zero attached hydrogens (tertiary/aromatic N) is 1. The minimum Gasteiger partial charge on any atom is -0.452 e. The van der Waals surface area contributed by atoms with Crippen LogP contribution in [0, 0.1) is 0 Å². The zero-order valence-electron chi connectivity index (χ0n) is 14.7. The maximum absolute atomic E-state index is 12.4. The molecule has 3 aromatic rings. The number of esters is 1. The molecule has 0 aliphatic carbocycles. The average Bonchev–Trinajstić information content (AvgIpc) is 2.72. The van der Waals surface area contributed by atoms with Crippen molar-refractivity contribution < 1.29 is 19.1 Å². The first-order valence-corrected chi connectivity index (χ1v) is 8.63. The van der Waals surface area contributed by atoms with Crippen LogP contribution in [0.4, 0.5) is 5.69 Å². The summed E-state index contributed by atoms with van der Waals surface area (Å²) in [6.07, 6.45) is 0.917. The molecule has 0 radical (unpaired) electrons. The molecule has 8 nitrogen and oxygen atoms in total. The Kier molecular flexibility index (Phi) is 4.44. The Hall–Kier alpha value is -3.81. The molecule has 2 aromatic carbocycles. The fourth-order valence-corrected chi connectivity index (χ4v) is 3.11. The van der Waals surface area contributed by atoms with E-state index in [9.17, 15) is 19.2 Å². The number of aromatic amines is 1. The highest BCUT2D eigenvalue weighted by Crippen LogP contribution is 2.24. The lowest BCUT2D eigenvalue weighted by molar-refractivity contribution is -0.116. The number of Topliss-reactive ketones (excluding diaryl/α,β-unsaturated/α-hetero) is 1. The van der Waals surface area contributed by atoms with Crippen molar-refractivity contribution in [3.8, 4) is 0 Å². The molecule has 1 amide bonds. The van der Waals surface area contributed by atoms with Crippen molar-refractivity contribution in [2.75, 3.05) is 11.9 Å². The van der Waals surface area contributed by atoms with Gasteiger partial charge in [0, 0.05) is 23.1 Å². The summed E-state index contributed by atoms with van der Waals surface area (Å²) in [6, 6.07) is 11.5. The van der Waals surface area contributed by atoms with Crippen molar-refractivity contribution in [3.63, 3.8) is 0 Å². The van der Waals surface area contributed by atoms with E-state index in [4.69, 9.17) is 4.74 Å². The molecular weight excluding hydrogens is 362 g/mol. The standard InChI is InChI=1S/C20H15N3O5/c24-16(12-5-7-15-11(9-12)6-8-17(25)21-15)10-28-20(27)18-13-3-1-2-4-14(13)19(26)23-22-18/h1-5,7,9H,6,8,10H2,(H,21,25)(H,23,26). The van der Waals surface area contributed by atoms with E-state index >= 15 is 0 Å². The SMILES string of the molecule is O=C1CCc2cc(C(=O)COC(=O)c3n[nH]c(=O)c4ccccc34)ccc2N1. The zero-order chi connectivity index (χ0) is 19.7. The number of ketones is 1. The van der Waals surface area contributed by atoms with Gasteiger partial charge in [-0.1, -0.05) is 18.2 Å². The summed E-state index contributed by atoms with van der Waals surface area (Å²) in [5.41, 5.74) is 1.47. The zero-order valence-corrected chi connectivity index (χ0v) is 14.7. The summed E-state index contributed by atoms with van der Waals surface area (Å²) in [5, 5.41) is 9.43. The van der Waals surface area contributed by atoms with Crippen molar-refractivity contribution in [3.05, 3.63) is 69.6 Å². The Labute approximate surface area is 158 Å². The Balaban J connectivity index is 1.50. The number of carbonyl (C=O) groups is 3. The Morgan fingerprint density at radius 2 is 1.82 bits per heavy atom. The molecule has 0 spiro atoms. The van der Waals surface area contributed by atoms with Crippen LogP contribution in [0.1, 0.15) is 32.8 Å². The third-order valence-electron chi connectivity index (χ3n) is 4.55. The lowest BCUT2D eigenvalue weighted by Gasteiger charge is -2.17. The lowest BCUT2D eigenvalue weighted by atomic mass is 9.99. The van der Waals surface area contributed by atoms with E-state index in [0.717, 1.165) is 5.56 Å². The van der Waals surface area contributed by atoms with Crippen LogP contribution in [0.3, 0.4) is 0 Å². The summed E-state index contributed by atoms with van der Waals surface area (Å²) in [4.78, 5) is 48.0. The summed E-state index contributed by atoms with van der Waals surface area (Å²) < 4.78 is 5.11. The van der Waals surface area contributed by atoms with Gasteiger partial charge in [-0.25, -0.2) is 9.89 Å². The van der Waals surface area contributed by atoms with Crippen LogP contribution in [0.25, 0.3) is 10.8 Å². The van der Waals surface area contributed by atoms with Crippen LogP contribution in [-0.2, 0) is 16.0 Å². The maximum Gasteiger partial charge on any atom is 0.359 e. The van der Waals surface area contributed by atoms with Gasteiger partial charge in [0.2, 0.25) is 5.91 Å². The molecule has 1 aliphatic rings. The van der Waals surface area contributed by atoms with Crippen LogP contribution < -0.4 is 10.9 Å². The Bertz CT molecular complexity index is 1180. The lowest BCUT2D eigenvalue weighted by Crippen LogP contribution is -2.21. The predicted molar refractivity (Wildman–Crippen MR) is 100 cm³/mol. The predicted octanol–water partition coefficient (Wildman–Crippen LogP) is 1.85. The number of fused-ring (bicyclic) bond motifs is 2. The van der Waals surface area contributed by atoms with Crippen LogP contribution >= 0.6 is 0 Å². The fourth-order valence-electron chi connectivity index (χ4n) is 3.11. The molecule has 2 N–H and O–H groups in total. The van der Waals surface area contributed by atoms with Crippen molar-refractivity contribution >= 4 is 34.1 Å². The summed E-state index contributed by atoms with van der Waals surface area (Å²) in [5.74, 6) is -1.23. The van der Waals surface area contributed by atoms with Crippen molar-refractivity contribution in [2.45, 2.75) is 12.8 Å². The number of carbonyl (C=O) groups excluding carboxylic acids is 3. The van der Waals surface area contributed by atoms with Gasteiger partial charge in [-0.05, 0) is 36.2 Å². The molecule has 140 valence electrons. The van der Waals surface area contributed by atoms with Crippen LogP contribution in [-0.4, -0.2) is 34.5 Å². The molecular formula is C20H15N3O5. The molecule has 2 heterocycles. The van der Waals surface area contributed by atoms with E-state index in [2.05, 4.69) is 15.5 Å². The second-order valence-electron chi connectivity index (χ2n) is 6.37. The van der Waals surface area contributed by atoms with E-state index in [-0.39, 0.29) is 17.4 Å². The molecule has 0 unspecified atom stereocenters. The van der Waals surface area contributed by atoms with E-state index in [1.165, 1.54) is 0 Å². The van der Waals surface area contributed by atoms with Crippen molar-refractivity contribution in [1.29, 1.82) is 0 Å². The largest absolute Gasteiger partial charge is 0.452 e. The molecule has 0 atom stereocenters. The molecule has 1 aliphatic heterocycles. The Morgan fingerprint density at radius 1 is 1.04 bits per heavy atom. The minimum atomic E-state index is -0.800. The number of benzene rings is 2. The fraction of sp³-hybridized carbons (Fsp3) is 0.150. The van der Waals surface area contributed by atoms with Crippen molar-refractivity contribution in [2.24, 2.45) is 0 Å². The quantitative estimate of drug-likeness (QED) is 0.529. The molecule has 1 aromatic heterocycles. The number of amides is 1. The minimum absolute atomic E-state index is 0.0545. The molecule has 4 rings (SSSR count). The van der Waals surface area contributed by atoms with Gasteiger partial charge in [-0.15, -0.1) is 0 Å². The van der Waals surface area contributed by atoms with Gasteiger partial charge in [-0.2, -0.15) is 5.10 Å². The van der Waals surface area contributed by atoms with Gasteiger partial charge >= 0.3 is 5.97 Å². The molecule has 0 saturated heterocycles. The maximum atomic E-state index is 12.4. The second kappa shape index (κ2) is 7.07. The highest BCUT2D eigenvalue weighted by atomic mass is 16.5. The number of nitrogens with one attached hydrogen (secondary N) is 2. The number of ether oxygens (including phenoxy) is 1. The number of anilines is 1. The van der Waals surface area contributed by atoms with Gasteiger partial charge in [0.25, 0.3) is 5.56 Å². The third-order valence-corrected chi connectivity index (χ3v) is 4.55. The molecule has 28 heavy (non-hydrogen) atoms. The van der Waals surface area contributed by atoms with Gasteiger partial charge < -0.3 is 10.1 Å². The number of rotatable bonds is 4. The molecule has 0 saturated carbocycles. The third kappa shape index (κ3) is 3.27. The van der Waals surface area contributed by atoms with Gasteiger partial charge in [0.15, 0.2) is 18.1 Å². The molecule has 0 bridgehead atoms. The van der Waals surface area contributed by atoms with E-state index in [1.807, 2.05) is 0 Å². The van der Waals surface area contributed by atoms with Gasteiger partial charge in [-0.3, -0.25) is 14.4 Å². The smallest absolute Gasteiger partial charge is 0.359 e. The topological polar surface area (TPSA) is 118 Å². The first kappa shape index (κ1) is 17.6. The van der Waals surface area contributed by atoms with Crippen LogP contribution in [0.5, 0.6) is 0 Å². The highest BCUT2D eigenvalue weighted by molar-refractivity contribution is 6.04. The number of hydrogen-bond donors (Lipinski definition) is 2. The second-order valence-corrected chi connectivity index (χ2v) is 6.37. The highest BCUT2D eigenvalue weighted by Gasteiger charge is 2.19. The van der Waals surface area contributed by atoms with Gasteiger partial charge in [0.1, 0.15) is 0 Å². The number of aromatic nitrogens is 2. The number of hydrogen-bond acceptors (Lipinski definition) is 6. The van der Waals surface area contributed by atoms with Crippen molar-refractivity contribution in [1.82, 2.24) is 10.2 Å². The summed E-state index contributed by atoms with van der Waals surface area (Å²) in [6.45, 7) is -0.459. The average molecular weight is 377 g/mol. The molecule has 8 heteroatoms. The monoisotopic (exact) mass is 377 g/mol. The summed E-state index contributed by atoms with van der Waals surface area (Å²) >= 11 is 0. The van der Waals surface area contributed by atoms with Gasteiger partial charge in [0.05, 0.1) is 5.39 Å². The summed E-state index contributed by atoms with van der Waals surface area (Å²) in [7, 11) is 0. The first-order chi connectivity index (χ1) is 13.5. The number of H-pyrrole nitrogens is 1. The normalized spacial score (nSPS) is 12.9. The van der Waals surface area contributed by atoms with E-state index in [0.29, 0.717) is 34.9 Å². The Morgan fingerprint density at radius 3 is 2.64 bits per heavy atom. The number of aryl methyl sites for hydroxylation is 1. The van der Waals surface area contributed by atoms with E-state index < -0.39 is 18.1 Å². The first-order valence-electron chi connectivity index (χ1n) is 8.63. The van der Waals surface area contributed by atoms with Crippen LogP contribution in [0.15, 0.2) is 47.3 Å². The van der Waals surface area contributed by atoms with Crippen LogP contribution in [0.2, 0.25) is 0 Å². The van der Waals surface area contributed by atoms with E-state index in [1.54, 1.807) is 42.5 Å². The molecule has 0 fully saturated rings.